The van der Waals surface area contributed by atoms with Gasteiger partial charge in [-0.1, -0.05) is 6.07 Å². The third kappa shape index (κ3) is 9.15. The minimum absolute atomic E-state index is 0.0907. The van der Waals surface area contributed by atoms with Crippen molar-refractivity contribution in [2.45, 2.75) is 49.7 Å². The second-order valence-corrected chi connectivity index (χ2v) is 8.19. The largest absolute Gasteiger partial charge is 0.490 e. The fourth-order valence-corrected chi connectivity index (χ4v) is 3.78. The van der Waals surface area contributed by atoms with E-state index in [0.29, 0.717) is 5.92 Å². The summed E-state index contributed by atoms with van der Waals surface area (Å²) in [6.07, 6.45) is 0.639. The first-order chi connectivity index (χ1) is 16.7. The number of nitrogens with zero attached hydrogens (tertiary/aromatic N) is 2. The number of aliphatic carboxylic acids is 2. The average Bonchev–Trinajstić information content (AvgIpc) is 3.46. The van der Waals surface area contributed by atoms with Crippen LogP contribution in [0.15, 0.2) is 47.5 Å². The molecule has 2 aromatic heterocycles. The summed E-state index contributed by atoms with van der Waals surface area (Å²) in [6, 6.07) is 6.25. The highest BCUT2D eigenvalue weighted by molar-refractivity contribution is 5.73. The van der Waals surface area contributed by atoms with Gasteiger partial charge >= 0.3 is 24.3 Å². The Hall–Kier alpha value is -3.13. The van der Waals surface area contributed by atoms with Crippen LogP contribution in [0.1, 0.15) is 36.3 Å². The van der Waals surface area contributed by atoms with Crippen molar-refractivity contribution in [2.24, 2.45) is 0 Å². The van der Waals surface area contributed by atoms with Crippen molar-refractivity contribution in [3.63, 3.8) is 0 Å². The summed E-state index contributed by atoms with van der Waals surface area (Å²) < 4.78 is 74.9. The molecule has 8 nitrogen and oxygen atoms in total. The zero-order valence-electron chi connectivity index (χ0n) is 18.8. The van der Waals surface area contributed by atoms with E-state index in [1.54, 1.807) is 6.26 Å². The van der Waals surface area contributed by atoms with Crippen LogP contribution in [0.2, 0.25) is 0 Å². The Kier molecular flexibility index (Phi) is 9.87. The number of hydrogen-bond acceptors (Lipinski definition) is 6. The number of carboxylic acid groups (broad SMARTS) is 2. The van der Waals surface area contributed by atoms with E-state index < -0.39 is 24.3 Å². The van der Waals surface area contributed by atoms with E-state index in [1.165, 1.54) is 11.1 Å². The molecule has 0 aromatic carbocycles. The van der Waals surface area contributed by atoms with Crippen molar-refractivity contribution in [3.05, 3.63) is 54.2 Å². The third-order valence-electron chi connectivity index (χ3n) is 5.60. The topological polar surface area (TPSA) is 113 Å². The van der Waals surface area contributed by atoms with Gasteiger partial charge in [0.2, 0.25) is 0 Å². The van der Waals surface area contributed by atoms with Gasteiger partial charge in [-0.3, -0.25) is 9.88 Å². The van der Waals surface area contributed by atoms with E-state index in [0.717, 1.165) is 45.5 Å². The molecule has 2 saturated heterocycles. The maximum Gasteiger partial charge on any atom is 0.490 e. The van der Waals surface area contributed by atoms with Crippen LogP contribution < -0.4 is 0 Å². The molecule has 2 N–H and O–H groups in total. The standard InChI is InChI=1S/C18H22N2O2.2C2HF3O2/c1-2-16(11-19-6-1)17-10-18(22-14-17)4-7-20(8-5-18)12-15-3-9-21-13-15;2*3-2(4,5)1(6)7/h1-3,6,9,11,13,17H,4-5,7-8,10,12,14H2;2*(H,6,7). The van der Waals surface area contributed by atoms with Gasteiger partial charge in [0.1, 0.15) is 0 Å². The molecule has 0 amide bonds. The molecule has 2 aromatic rings. The molecule has 1 atom stereocenters. The summed E-state index contributed by atoms with van der Waals surface area (Å²) in [5.41, 5.74) is 2.67. The number of furan rings is 1. The monoisotopic (exact) mass is 526 g/mol. The minimum atomic E-state index is -5.08. The van der Waals surface area contributed by atoms with Crippen LogP contribution in [0, 0.1) is 0 Å². The molecule has 2 aliphatic rings. The second kappa shape index (κ2) is 12.2. The first kappa shape index (κ1) is 29.1. The molecule has 0 bridgehead atoms. The van der Waals surface area contributed by atoms with Crippen molar-refractivity contribution in [3.8, 4) is 0 Å². The van der Waals surface area contributed by atoms with Gasteiger partial charge in [-0.25, -0.2) is 9.59 Å². The molecule has 0 aliphatic carbocycles. The van der Waals surface area contributed by atoms with Crippen LogP contribution in [0.3, 0.4) is 0 Å². The first-order valence-corrected chi connectivity index (χ1v) is 10.6. The molecule has 36 heavy (non-hydrogen) atoms. The molecule has 0 radical (unpaired) electrons. The van der Waals surface area contributed by atoms with Crippen molar-refractivity contribution in [1.29, 1.82) is 0 Å². The molecule has 1 spiro atoms. The maximum atomic E-state index is 10.6. The summed E-state index contributed by atoms with van der Waals surface area (Å²) in [5.74, 6) is -5.01. The number of carbonyl (C=O) groups is 2. The van der Waals surface area contributed by atoms with Crippen molar-refractivity contribution in [1.82, 2.24) is 9.88 Å². The number of likely N-dealkylation sites (tertiary alicyclic amines) is 1. The summed E-state index contributed by atoms with van der Waals surface area (Å²) >= 11 is 0. The van der Waals surface area contributed by atoms with Crippen molar-refractivity contribution >= 4 is 11.9 Å². The van der Waals surface area contributed by atoms with E-state index in [9.17, 15) is 26.3 Å². The number of piperidine rings is 1. The van der Waals surface area contributed by atoms with Gasteiger partial charge in [0.25, 0.3) is 0 Å². The molecule has 4 rings (SSSR count). The highest BCUT2D eigenvalue weighted by Gasteiger charge is 2.43. The normalized spacial score (nSPS) is 19.6. The molecule has 2 fully saturated rings. The molecule has 200 valence electrons. The Balaban J connectivity index is 0.000000271. The molecule has 1 unspecified atom stereocenters. The quantitative estimate of drug-likeness (QED) is 0.563. The zero-order chi connectivity index (χ0) is 27.0. The van der Waals surface area contributed by atoms with Gasteiger partial charge in [0.05, 0.1) is 24.7 Å². The fraction of sp³-hybridized carbons (Fsp3) is 0.500. The molecule has 2 aliphatic heterocycles. The predicted octanol–water partition coefficient (Wildman–Crippen LogP) is 4.48. The van der Waals surface area contributed by atoms with E-state index in [4.69, 9.17) is 29.0 Å². The highest BCUT2D eigenvalue weighted by atomic mass is 19.4. The van der Waals surface area contributed by atoms with Crippen LogP contribution in [0.4, 0.5) is 26.3 Å². The van der Waals surface area contributed by atoms with E-state index in [2.05, 4.69) is 22.0 Å². The molecule has 14 heteroatoms. The molecule has 0 saturated carbocycles. The van der Waals surface area contributed by atoms with Gasteiger partial charge in [-0.2, -0.15) is 26.3 Å². The number of aromatic nitrogens is 1. The predicted molar refractivity (Wildman–Crippen MR) is 111 cm³/mol. The molecular weight excluding hydrogens is 502 g/mol. The molecular formula is C22H24F6N2O6. The van der Waals surface area contributed by atoms with E-state index >= 15 is 0 Å². The van der Waals surface area contributed by atoms with Gasteiger partial charge in [-0.05, 0) is 37.0 Å². The lowest BCUT2D eigenvalue weighted by molar-refractivity contribution is -0.193. The summed E-state index contributed by atoms with van der Waals surface area (Å²) in [7, 11) is 0. The number of rotatable bonds is 3. The number of halogens is 6. The van der Waals surface area contributed by atoms with E-state index in [-0.39, 0.29) is 5.60 Å². The number of alkyl halides is 6. The zero-order valence-corrected chi connectivity index (χ0v) is 18.8. The highest BCUT2D eigenvalue weighted by Crippen LogP contribution is 2.42. The third-order valence-corrected chi connectivity index (χ3v) is 5.60. The Morgan fingerprint density at radius 2 is 1.64 bits per heavy atom. The maximum absolute atomic E-state index is 10.6. The number of carboxylic acids is 2. The fourth-order valence-electron chi connectivity index (χ4n) is 3.78. The van der Waals surface area contributed by atoms with Gasteiger partial charge in [0, 0.05) is 43.5 Å². The summed E-state index contributed by atoms with van der Waals surface area (Å²) in [4.78, 5) is 24.5. The Morgan fingerprint density at radius 1 is 1.06 bits per heavy atom. The van der Waals surface area contributed by atoms with E-state index in [1.807, 2.05) is 24.7 Å². The van der Waals surface area contributed by atoms with Crippen LogP contribution in [-0.2, 0) is 20.9 Å². The van der Waals surface area contributed by atoms with Crippen LogP contribution in [0.25, 0.3) is 0 Å². The van der Waals surface area contributed by atoms with Gasteiger partial charge < -0.3 is 19.4 Å². The van der Waals surface area contributed by atoms with Crippen LogP contribution in [-0.4, -0.2) is 69.7 Å². The Bertz CT molecular complexity index is 934. The van der Waals surface area contributed by atoms with Crippen LogP contribution >= 0.6 is 0 Å². The number of ether oxygens (including phenoxy) is 1. The summed E-state index contributed by atoms with van der Waals surface area (Å²) in [5, 5.41) is 14.2. The second-order valence-electron chi connectivity index (χ2n) is 8.19. The lowest BCUT2D eigenvalue weighted by atomic mass is 9.83. The SMILES string of the molecule is O=C(O)C(F)(F)F.O=C(O)C(F)(F)F.c1cncc(C2COC3(CCN(Cc4ccoc4)CC3)C2)c1. The van der Waals surface area contributed by atoms with Gasteiger partial charge in [-0.15, -0.1) is 0 Å². The lowest BCUT2D eigenvalue weighted by Crippen LogP contribution is -2.43. The Labute approximate surface area is 201 Å². The Morgan fingerprint density at radius 3 is 2.08 bits per heavy atom. The number of hydrogen-bond donors (Lipinski definition) is 2. The average molecular weight is 526 g/mol. The van der Waals surface area contributed by atoms with Gasteiger partial charge in [0.15, 0.2) is 0 Å². The first-order valence-electron chi connectivity index (χ1n) is 10.6. The van der Waals surface area contributed by atoms with Crippen molar-refractivity contribution < 1.29 is 55.3 Å². The smallest absolute Gasteiger partial charge is 0.475 e. The lowest BCUT2D eigenvalue weighted by Gasteiger charge is -2.38. The number of pyridine rings is 1. The summed E-state index contributed by atoms with van der Waals surface area (Å²) in [6.45, 7) is 4.03. The van der Waals surface area contributed by atoms with Crippen molar-refractivity contribution in [2.75, 3.05) is 19.7 Å². The molecule has 4 heterocycles. The van der Waals surface area contributed by atoms with Crippen LogP contribution in [0.5, 0.6) is 0 Å². The minimum Gasteiger partial charge on any atom is -0.475 e.